The molecule has 6 heteroatoms. The number of hydrazine groups is 1. The molecule has 1 fully saturated rings. The summed E-state index contributed by atoms with van der Waals surface area (Å²) in [7, 11) is 0. The van der Waals surface area contributed by atoms with Crippen LogP contribution in [0.15, 0.2) is 24.3 Å². The van der Waals surface area contributed by atoms with Crippen LogP contribution < -0.4 is 16.2 Å². The number of nitrogens with one attached hydrogen (secondary N) is 3. The molecule has 112 valence electrons. The molecule has 1 aromatic rings. The normalized spacial score (nSPS) is 15.6. The Morgan fingerprint density at radius 1 is 1.10 bits per heavy atom. The Hall–Kier alpha value is -2.37. The highest BCUT2D eigenvalue weighted by molar-refractivity contribution is 6.08. The Kier molecular flexibility index (Phi) is 3.97. The summed E-state index contributed by atoms with van der Waals surface area (Å²) < 4.78 is 0. The van der Waals surface area contributed by atoms with E-state index in [1.807, 2.05) is 24.3 Å². The first kappa shape index (κ1) is 15.0. The van der Waals surface area contributed by atoms with Gasteiger partial charge in [-0.05, 0) is 23.1 Å². The number of hydrogen-bond donors (Lipinski definition) is 3. The number of benzene rings is 1. The fraction of sp³-hybridized carbons (Fsp3) is 0.400. The van der Waals surface area contributed by atoms with Gasteiger partial charge in [-0.1, -0.05) is 32.9 Å². The van der Waals surface area contributed by atoms with Crippen molar-refractivity contribution in [1.82, 2.24) is 10.9 Å². The molecule has 0 aliphatic carbocycles. The van der Waals surface area contributed by atoms with E-state index < -0.39 is 17.7 Å². The second kappa shape index (κ2) is 5.55. The van der Waals surface area contributed by atoms with Gasteiger partial charge in [0.05, 0.1) is 0 Å². The van der Waals surface area contributed by atoms with Crippen molar-refractivity contribution in [2.45, 2.75) is 32.6 Å². The topological polar surface area (TPSA) is 87.3 Å². The first-order valence-electron chi connectivity index (χ1n) is 6.77. The van der Waals surface area contributed by atoms with Crippen LogP contribution in [0.2, 0.25) is 0 Å². The minimum absolute atomic E-state index is 0.0442. The molecule has 2 rings (SSSR count). The lowest BCUT2D eigenvalue weighted by atomic mass is 9.87. The van der Waals surface area contributed by atoms with Gasteiger partial charge < -0.3 is 5.32 Å². The average Bonchev–Trinajstić information content (AvgIpc) is 2.70. The van der Waals surface area contributed by atoms with E-state index in [0.29, 0.717) is 5.69 Å². The van der Waals surface area contributed by atoms with Gasteiger partial charge in [-0.15, -0.1) is 0 Å². The molecule has 1 aliphatic rings. The molecule has 3 N–H and O–H groups in total. The second-order valence-corrected chi connectivity index (χ2v) is 6.11. The van der Waals surface area contributed by atoms with E-state index in [1.165, 1.54) is 0 Å². The number of hydrogen-bond acceptors (Lipinski definition) is 3. The number of amides is 3. The summed E-state index contributed by atoms with van der Waals surface area (Å²) >= 11 is 0. The predicted molar refractivity (Wildman–Crippen MR) is 78.2 cm³/mol. The SMILES string of the molecule is CC(C)(C)c1ccc(NC(=O)CC2C(=O)NNC2=O)cc1. The second-order valence-electron chi connectivity index (χ2n) is 6.11. The van der Waals surface area contributed by atoms with Gasteiger partial charge in [-0.25, -0.2) is 0 Å². The Labute approximate surface area is 123 Å². The summed E-state index contributed by atoms with van der Waals surface area (Å²) in [5.74, 6) is -2.27. The lowest BCUT2D eigenvalue weighted by Gasteiger charge is -2.19. The highest BCUT2D eigenvalue weighted by atomic mass is 16.2. The van der Waals surface area contributed by atoms with E-state index in [0.717, 1.165) is 5.56 Å². The molecule has 1 aromatic carbocycles. The Balaban J connectivity index is 1.97. The van der Waals surface area contributed by atoms with Gasteiger partial charge >= 0.3 is 0 Å². The van der Waals surface area contributed by atoms with Crippen molar-refractivity contribution < 1.29 is 14.4 Å². The van der Waals surface area contributed by atoms with E-state index in [4.69, 9.17) is 0 Å². The van der Waals surface area contributed by atoms with E-state index >= 15 is 0 Å². The van der Waals surface area contributed by atoms with Crippen LogP contribution in [-0.4, -0.2) is 17.7 Å². The van der Waals surface area contributed by atoms with Crippen LogP contribution in [0.25, 0.3) is 0 Å². The van der Waals surface area contributed by atoms with Crippen LogP contribution in [0.3, 0.4) is 0 Å². The number of carbonyl (C=O) groups excluding carboxylic acids is 3. The molecule has 0 aromatic heterocycles. The highest BCUT2D eigenvalue weighted by Gasteiger charge is 2.34. The smallest absolute Gasteiger partial charge is 0.251 e. The molecule has 0 saturated carbocycles. The molecular formula is C15H19N3O3. The maximum Gasteiger partial charge on any atom is 0.251 e. The molecular weight excluding hydrogens is 270 g/mol. The van der Waals surface area contributed by atoms with Crippen molar-refractivity contribution in [3.05, 3.63) is 29.8 Å². The first-order chi connectivity index (χ1) is 9.77. The number of anilines is 1. The zero-order valence-corrected chi connectivity index (χ0v) is 12.3. The Bertz CT molecular complexity index is 557. The minimum atomic E-state index is -0.959. The maximum absolute atomic E-state index is 11.9. The van der Waals surface area contributed by atoms with Crippen molar-refractivity contribution in [3.63, 3.8) is 0 Å². The lowest BCUT2D eigenvalue weighted by Crippen LogP contribution is -2.28. The van der Waals surface area contributed by atoms with Crippen LogP contribution in [0.1, 0.15) is 32.8 Å². The van der Waals surface area contributed by atoms with E-state index in [2.05, 4.69) is 36.9 Å². The molecule has 1 aliphatic heterocycles. The fourth-order valence-electron chi connectivity index (χ4n) is 2.05. The predicted octanol–water partition coefficient (Wildman–Crippen LogP) is 1.09. The van der Waals surface area contributed by atoms with Gasteiger partial charge in [-0.3, -0.25) is 25.2 Å². The lowest BCUT2D eigenvalue weighted by molar-refractivity contribution is -0.131. The van der Waals surface area contributed by atoms with E-state index in [9.17, 15) is 14.4 Å². The van der Waals surface area contributed by atoms with Crippen LogP contribution >= 0.6 is 0 Å². The van der Waals surface area contributed by atoms with Crippen LogP contribution in [0, 0.1) is 5.92 Å². The van der Waals surface area contributed by atoms with E-state index in [-0.39, 0.29) is 17.7 Å². The molecule has 0 radical (unpaired) electrons. The quantitative estimate of drug-likeness (QED) is 0.728. The maximum atomic E-state index is 11.9. The average molecular weight is 289 g/mol. The van der Waals surface area contributed by atoms with Crippen LogP contribution in [-0.2, 0) is 19.8 Å². The standard InChI is InChI=1S/C15H19N3O3/c1-15(2,3)9-4-6-10(7-5-9)16-12(19)8-11-13(20)17-18-14(11)21/h4-7,11H,8H2,1-3H3,(H,16,19)(H,17,20)(H,18,21). The summed E-state index contributed by atoms with van der Waals surface area (Å²) in [5, 5.41) is 2.69. The van der Waals surface area contributed by atoms with Gasteiger partial charge in [0.25, 0.3) is 11.8 Å². The van der Waals surface area contributed by atoms with Gasteiger partial charge in [0.15, 0.2) is 0 Å². The van der Waals surface area contributed by atoms with Gasteiger partial charge in [0, 0.05) is 12.1 Å². The third kappa shape index (κ3) is 3.59. The monoisotopic (exact) mass is 289 g/mol. The van der Waals surface area contributed by atoms with Gasteiger partial charge in [0.1, 0.15) is 5.92 Å². The van der Waals surface area contributed by atoms with E-state index in [1.54, 1.807) is 0 Å². The highest BCUT2D eigenvalue weighted by Crippen LogP contribution is 2.23. The third-order valence-corrected chi connectivity index (χ3v) is 3.37. The van der Waals surface area contributed by atoms with Crippen molar-refractivity contribution in [1.29, 1.82) is 0 Å². The summed E-state index contributed by atoms with van der Waals surface area (Å²) in [4.78, 5) is 34.6. The molecule has 6 nitrogen and oxygen atoms in total. The molecule has 0 unspecified atom stereocenters. The molecule has 0 atom stereocenters. The van der Waals surface area contributed by atoms with Crippen molar-refractivity contribution in [2.75, 3.05) is 5.32 Å². The molecule has 1 heterocycles. The largest absolute Gasteiger partial charge is 0.326 e. The van der Waals surface area contributed by atoms with Gasteiger partial charge in [0.2, 0.25) is 5.91 Å². The van der Waals surface area contributed by atoms with Crippen LogP contribution in [0.5, 0.6) is 0 Å². The van der Waals surface area contributed by atoms with Crippen molar-refractivity contribution in [2.24, 2.45) is 5.92 Å². The summed E-state index contributed by atoms with van der Waals surface area (Å²) in [6, 6.07) is 7.52. The Morgan fingerprint density at radius 3 is 2.10 bits per heavy atom. The van der Waals surface area contributed by atoms with Crippen molar-refractivity contribution in [3.8, 4) is 0 Å². The summed E-state index contributed by atoms with van der Waals surface area (Å²) in [6.45, 7) is 6.33. The summed E-state index contributed by atoms with van der Waals surface area (Å²) in [6.07, 6.45) is -0.168. The summed E-state index contributed by atoms with van der Waals surface area (Å²) in [5.41, 5.74) is 6.24. The fourth-order valence-corrected chi connectivity index (χ4v) is 2.05. The molecule has 0 bridgehead atoms. The zero-order chi connectivity index (χ0) is 15.6. The number of carbonyl (C=O) groups is 3. The number of rotatable bonds is 3. The third-order valence-electron chi connectivity index (χ3n) is 3.37. The van der Waals surface area contributed by atoms with Crippen LogP contribution in [0.4, 0.5) is 5.69 Å². The first-order valence-corrected chi connectivity index (χ1v) is 6.77. The Morgan fingerprint density at radius 2 is 1.62 bits per heavy atom. The minimum Gasteiger partial charge on any atom is -0.326 e. The molecule has 1 saturated heterocycles. The van der Waals surface area contributed by atoms with Crippen molar-refractivity contribution >= 4 is 23.4 Å². The van der Waals surface area contributed by atoms with Gasteiger partial charge in [-0.2, -0.15) is 0 Å². The molecule has 21 heavy (non-hydrogen) atoms. The molecule has 3 amide bonds. The zero-order valence-electron chi connectivity index (χ0n) is 12.3. The molecule has 0 spiro atoms.